The van der Waals surface area contributed by atoms with Crippen LogP contribution in [0.2, 0.25) is 0 Å². The van der Waals surface area contributed by atoms with Gasteiger partial charge in [0.15, 0.2) is 11.5 Å². The fourth-order valence-corrected chi connectivity index (χ4v) is 4.17. The minimum Gasteiger partial charge on any atom is -0.493 e. The Balaban J connectivity index is 1.55. The number of methoxy groups -OCH3 is 3. The molecular weight excluding hydrogens is 396 g/mol. The topological polar surface area (TPSA) is 53.5 Å². The van der Waals surface area contributed by atoms with E-state index in [1.54, 1.807) is 33.1 Å². The highest BCUT2D eigenvalue weighted by Crippen LogP contribution is 2.40. The standard InChI is InChI=1S/C24H22N2O3S/c1-27-21-13-18(14-22(28-2)24(21)29-3)20-11-12-23(26-25-20)30-15-17-9-6-8-16-7-4-5-10-19(16)17/h4-14H,15H2,1-3H3. The van der Waals surface area contributed by atoms with E-state index in [4.69, 9.17) is 14.2 Å². The molecule has 0 aliphatic carbocycles. The van der Waals surface area contributed by atoms with Gasteiger partial charge in [-0.2, -0.15) is 0 Å². The number of hydrogen-bond acceptors (Lipinski definition) is 6. The monoisotopic (exact) mass is 418 g/mol. The number of nitrogens with zero attached hydrogens (tertiary/aromatic N) is 2. The summed E-state index contributed by atoms with van der Waals surface area (Å²) in [5.74, 6) is 2.56. The van der Waals surface area contributed by atoms with Gasteiger partial charge in [-0.3, -0.25) is 0 Å². The quantitative estimate of drug-likeness (QED) is 0.363. The van der Waals surface area contributed by atoms with E-state index in [1.807, 2.05) is 24.3 Å². The number of benzene rings is 3. The molecule has 0 fully saturated rings. The van der Waals surface area contributed by atoms with Crippen molar-refractivity contribution in [1.82, 2.24) is 10.2 Å². The van der Waals surface area contributed by atoms with Gasteiger partial charge in [-0.1, -0.05) is 54.2 Å². The zero-order valence-electron chi connectivity index (χ0n) is 17.1. The average Bonchev–Trinajstić information content (AvgIpc) is 2.82. The first-order valence-electron chi connectivity index (χ1n) is 9.47. The first kappa shape index (κ1) is 20.0. The Bertz CT molecular complexity index is 1130. The summed E-state index contributed by atoms with van der Waals surface area (Å²) in [7, 11) is 4.78. The molecule has 0 saturated carbocycles. The zero-order valence-corrected chi connectivity index (χ0v) is 17.9. The van der Waals surface area contributed by atoms with E-state index >= 15 is 0 Å². The van der Waals surface area contributed by atoms with Crippen LogP contribution >= 0.6 is 11.8 Å². The molecule has 0 N–H and O–H groups in total. The minimum atomic E-state index is 0.555. The largest absolute Gasteiger partial charge is 0.493 e. The van der Waals surface area contributed by atoms with Crippen LogP contribution < -0.4 is 14.2 Å². The summed E-state index contributed by atoms with van der Waals surface area (Å²) >= 11 is 1.67. The third kappa shape index (κ3) is 4.04. The molecule has 0 spiro atoms. The van der Waals surface area contributed by atoms with E-state index in [9.17, 15) is 0 Å². The lowest BCUT2D eigenvalue weighted by Crippen LogP contribution is -1.97. The maximum atomic E-state index is 5.43. The van der Waals surface area contributed by atoms with Crippen LogP contribution in [0.3, 0.4) is 0 Å². The lowest BCUT2D eigenvalue weighted by Gasteiger charge is -2.13. The zero-order chi connectivity index (χ0) is 20.9. The summed E-state index contributed by atoms with van der Waals surface area (Å²) in [6.45, 7) is 0. The van der Waals surface area contributed by atoms with E-state index in [-0.39, 0.29) is 0 Å². The summed E-state index contributed by atoms with van der Waals surface area (Å²) in [6.07, 6.45) is 0. The van der Waals surface area contributed by atoms with Crippen molar-refractivity contribution in [3.63, 3.8) is 0 Å². The predicted molar refractivity (Wildman–Crippen MR) is 121 cm³/mol. The number of fused-ring (bicyclic) bond motifs is 1. The van der Waals surface area contributed by atoms with Crippen LogP contribution in [0.4, 0.5) is 0 Å². The van der Waals surface area contributed by atoms with Gasteiger partial charge in [-0.25, -0.2) is 0 Å². The van der Waals surface area contributed by atoms with Gasteiger partial charge in [-0.05, 0) is 40.6 Å². The van der Waals surface area contributed by atoms with Gasteiger partial charge in [0.05, 0.1) is 27.0 Å². The molecule has 0 saturated heterocycles. The maximum absolute atomic E-state index is 5.43. The summed E-state index contributed by atoms with van der Waals surface area (Å²) in [5, 5.41) is 12.2. The van der Waals surface area contributed by atoms with Crippen LogP contribution in [0.15, 0.2) is 71.8 Å². The van der Waals surface area contributed by atoms with E-state index in [0.29, 0.717) is 17.2 Å². The molecule has 0 aliphatic rings. The van der Waals surface area contributed by atoms with Crippen molar-refractivity contribution in [2.45, 2.75) is 10.8 Å². The predicted octanol–water partition coefficient (Wildman–Crippen LogP) is 5.61. The molecule has 152 valence electrons. The fourth-order valence-electron chi connectivity index (χ4n) is 3.35. The molecule has 0 unspecified atom stereocenters. The second-order valence-corrected chi connectivity index (χ2v) is 7.59. The van der Waals surface area contributed by atoms with Crippen LogP contribution in [-0.4, -0.2) is 31.5 Å². The summed E-state index contributed by atoms with van der Waals surface area (Å²) < 4.78 is 16.2. The number of ether oxygens (including phenoxy) is 3. The molecule has 0 aliphatic heterocycles. The highest BCUT2D eigenvalue weighted by Gasteiger charge is 2.15. The molecule has 1 heterocycles. The van der Waals surface area contributed by atoms with Gasteiger partial charge in [0.1, 0.15) is 5.03 Å². The Morgan fingerprint density at radius 2 is 1.50 bits per heavy atom. The highest BCUT2D eigenvalue weighted by atomic mass is 32.2. The molecule has 4 rings (SSSR count). The molecule has 6 heteroatoms. The van der Waals surface area contributed by atoms with Gasteiger partial charge < -0.3 is 14.2 Å². The molecular formula is C24H22N2O3S. The van der Waals surface area contributed by atoms with Crippen molar-refractivity contribution in [3.05, 3.63) is 72.3 Å². The lowest BCUT2D eigenvalue weighted by atomic mass is 10.1. The molecule has 4 aromatic rings. The number of hydrogen-bond donors (Lipinski definition) is 0. The van der Waals surface area contributed by atoms with Crippen LogP contribution in [0, 0.1) is 0 Å². The third-order valence-corrected chi connectivity index (χ3v) is 5.82. The van der Waals surface area contributed by atoms with Gasteiger partial charge in [0.25, 0.3) is 0 Å². The first-order valence-corrected chi connectivity index (χ1v) is 10.5. The van der Waals surface area contributed by atoms with E-state index in [1.165, 1.54) is 16.3 Å². The number of rotatable bonds is 7. The highest BCUT2D eigenvalue weighted by molar-refractivity contribution is 7.98. The minimum absolute atomic E-state index is 0.555. The van der Waals surface area contributed by atoms with Crippen molar-refractivity contribution in [2.75, 3.05) is 21.3 Å². The first-order chi connectivity index (χ1) is 14.7. The van der Waals surface area contributed by atoms with Gasteiger partial charge in [0.2, 0.25) is 5.75 Å². The Labute approximate surface area is 180 Å². The average molecular weight is 419 g/mol. The molecule has 0 radical (unpaired) electrons. The Morgan fingerprint density at radius 3 is 2.17 bits per heavy atom. The Kier molecular flexibility index (Phi) is 6.05. The van der Waals surface area contributed by atoms with E-state index in [0.717, 1.165) is 22.0 Å². The normalized spacial score (nSPS) is 10.8. The van der Waals surface area contributed by atoms with Crippen molar-refractivity contribution in [2.24, 2.45) is 0 Å². The molecule has 3 aromatic carbocycles. The molecule has 0 amide bonds. The summed E-state index contributed by atoms with van der Waals surface area (Å²) in [5.41, 5.74) is 2.87. The Hall–Kier alpha value is -3.25. The van der Waals surface area contributed by atoms with Crippen LogP contribution in [-0.2, 0) is 5.75 Å². The summed E-state index contributed by atoms with van der Waals surface area (Å²) in [6, 6.07) is 22.5. The molecule has 30 heavy (non-hydrogen) atoms. The van der Waals surface area contributed by atoms with Crippen LogP contribution in [0.25, 0.3) is 22.0 Å². The van der Waals surface area contributed by atoms with Crippen molar-refractivity contribution in [3.8, 4) is 28.5 Å². The maximum Gasteiger partial charge on any atom is 0.203 e. The molecule has 0 atom stereocenters. The van der Waals surface area contributed by atoms with Crippen molar-refractivity contribution < 1.29 is 14.2 Å². The van der Waals surface area contributed by atoms with Crippen molar-refractivity contribution in [1.29, 1.82) is 0 Å². The smallest absolute Gasteiger partial charge is 0.203 e. The van der Waals surface area contributed by atoms with Crippen LogP contribution in [0.5, 0.6) is 17.2 Å². The van der Waals surface area contributed by atoms with Crippen LogP contribution in [0.1, 0.15) is 5.56 Å². The second-order valence-electron chi connectivity index (χ2n) is 6.60. The third-order valence-electron chi connectivity index (χ3n) is 4.86. The number of thioether (sulfide) groups is 1. The second kappa shape index (κ2) is 9.05. The van der Waals surface area contributed by atoms with Gasteiger partial charge >= 0.3 is 0 Å². The molecule has 0 bridgehead atoms. The summed E-state index contributed by atoms with van der Waals surface area (Å²) in [4.78, 5) is 0. The Morgan fingerprint density at radius 1 is 0.767 bits per heavy atom. The van der Waals surface area contributed by atoms with Gasteiger partial charge in [-0.15, -0.1) is 10.2 Å². The molecule has 5 nitrogen and oxygen atoms in total. The lowest BCUT2D eigenvalue weighted by molar-refractivity contribution is 0.324. The number of aromatic nitrogens is 2. The van der Waals surface area contributed by atoms with E-state index < -0.39 is 0 Å². The van der Waals surface area contributed by atoms with E-state index in [2.05, 4.69) is 52.7 Å². The van der Waals surface area contributed by atoms with Gasteiger partial charge in [0, 0.05) is 11.3 Å². The fraction of sp³-hybridized carbons (Fsp3) is 0.167. The molecule has 1 aromatic heterocycles. The SMILES string of the molecule is COc1cc(-c2ccc(SCc3cccc4ccccc34)nn2)cc(OC)c1OC. The van der Waals surface area contributed by atoms with Crippen molar-refractivity contribution >= 4 is 22.5 Å².